The molecule has 0 amide bonds. The Morgan fingerprint density at radius 3 is 2.83 bits per heavy atom. The lowest BCUT2D eigenvalue weighted by atomic mass is 10.2. The fraction of sp³-hybridized carbons (Fsp3) is 0.294. The molecule has 0 spiro atoms. The lowest BCUT2D eigenvalue weighted by molar-refractivity contribution is 0.337. The molecule has 23 heavy (non-hydrogen) atoms. The van der Waals surface area contributed by atoms with Crippen LogP contribution in [-0.2, 0) is 12.3 Å². The molecular weight excluding hydrogens is 310 g/mol. The first kappa shape index (κ1) is 15.7. The van der Waals surface area contributed by atoms with Crippen LogP contribution in [0, 0.1) is 0 Å². The fourth-order valence-electron chi connectivity index (χ4n) is 2.37. The summed E-state index contributed by atoms with van der Waals surface area (Å²) in [6, 6.07) is 13.6. The molecule has 0 fully saturated rings. The SMILES string of the molecule is CCOc1ccccc1CSCCn1nc2ccccn2c1=O. The number of para-hydroxylation sites is 1. The van der Waals surface area contributed by atoms with Crippen LogP contribution in [0.15, 0.2) is 53.5 Å². The van der Waals surface area contributed by atoms with Gasteiger partial charge < -0.3 is 4.74 Å². The standard InChI is InChI=1S/C17H19N3O2S/c1-2-22-15-8-4-3-7-14(15)13-23-12-11-20-17(21)19-10-6-5-9-16(19)18-20/h3-10H,2,11-13H2,1H3. The summed E-state index contributed by atoms with van der Waals surface area (Å²) < 4.78 is 8.72. The minimum absolute atomic E-state index is 0.0871. The van der Waals surface area contributed by atoms with Gasteiger partial charge >= 0.3 is 5.69 Å². The summed E-state index contributed by atoms with van der Waals surface area (Å²) in [5.74, 6) is 2.62. The maximum Gasteiger partial charge on any atom is 0.350 e. The normalized spacial score (nSPS) is 11.0. The van der Waals surface area contributed by atoms with Gasteiger partial charge in [-0.2, -0.15) is 11.8 Å². The molecule has 0 radical (unpaired) electrons. The van der Waals surface area contributed by atoms with E-state index >= 15 is 0 Å². The van der Waals surface area contributed by atoms with Crippen LogP contribution in [0.4, 0.5) is 0 Å². The third kappa shape index (κ3) is 3.59. The second kappa shape index (κ2) is 7.37. The largest absolute Gasteiger partial charge is 0.494 e. The lowest BCUT2D eigenvalue weighted by Gasteiger charge is -2.09. The zero-order chi connectivity index (χ0) is 16.1. The van der Waals surface area contributed by atoms with E-state index in [0.717, 1.165) is 17.3 Å². The summed E-state index contributed by atoms with van der Waals surface area (Å²) in [6.07, 6.45) is 1.74. The van der Waals surface area contributed by atoms with E-state index in [1.807, 2.05) is 43.3 Å². The van der Waals surface area contributed by atoms with Gasteiger partial charge in [-0.1, -0.05) is 24.3 Å². The van der Waals surface area contributed by atoms with Crippen LogP contribution >= 0.6 is 11.8 Å². The summed E-state index contributed by atoms with van der Waals surface area (Å²) in [5, 5.41) is 4.33. The van der Waals surface area contributed by atoms with Gasteiger partial charge in [0.05, 0.1) is 13.2 Å². The Hall–Kier alpha value is -2.21. The molecule has 1 aromatic carbocycles. The monoisotopic (exact) mass is 329 g/mol. The number of rotatable bonds is 7. The van der Waals surface area contributed by atoms with Crippen LogP contribution in [0.3, 0.4) is 0 Å². The molecule has 0 bridgehead atoms. The number of ether oxygens (including phenoxy) is 1. The minimum Gasteiger partial charge on any atom is -0.494 e. The van der Waals surface area contributed by atoms with Crippen LogP contribution in [0.25, 0.3) is 5.65 Å². The lowest BCUT2D eigenvalue weighted by Crippen LogP contribution is -2.22. The molecule has 2 aromatic heterocycles. The maximum atomic E-state index is 12.2. The predicted octanol–water partition coefficient (Wildman–Crippen LogP) is 2.83. The molecule has 0 saturated carbocycles. The number of hydrogen-bond acceptors (Lipinski definition) is 4. The summed E-state index contributed by atoms with van der Waals surface area (Å²) in [4.78, 5) is 12.2. The van der Waals surface area contributed by atoms with Crippen molar-refractivity contribution in [3.63, 3.8) is 0 Å². The Bertz CT molecular complexity index is 841. The van der Waals surface area contributed by atoms with E-state index in [-0.39, 0.29) is 5.69 Å². The van der Waals surface area contributed by atoms with Crippen LogP contribution in [0.5, 0.6) is 5.75 Å². The number of benzene rings is 1. The Balaban J connectivity index is 1.59. The number of aryl methyl sites for hydroxylation is 1. The Morgan fingerprint density at radius 1 is 1.17 bits per heavy atom. The van der Waals surface area contributed by atoms with E-state index in [2.05, 4.69) is 11.2 Å². The van der Waals surface area contributed by atoms with E-state index in [1.165, 1.54) is 10.2 Å². The Morgan fingerprint density at radius 2 is 2.00 bits per heavy atom. The van der Waals surface area contributed by atoms with E-state index in [9.17, 15) is 4.79 Å². The van der Waals surface area contributed by atoms with Crippen molar-refractivity contribution in [2.24, 2.45) is 0 Å². The second-order valence-corrected chi connectivity index (χ2v) is 6.13. The Kier molecular flexibility index (Phi) is 5.02. The van der Waals surface area contributed by atoms with Gasteiger partial charge in [0.2, 0.25) is 0 Å². The molecule has 0 atom stereocenters. The summed E-state index contributed by atoms with van der Waals surface area (Å²) in [5.41, 5.74) is 1.78. The highest BCUT2D eigenvalue weighted by Crippen LogP contribution is 2.23. The molecule has 6 heteroatoms. The average molecular weight is 329 g/mol. The van der Waals surface area contributed by atoms with Gasteiger partial charge in [0, 0.05) is 23.3 Å². The van der Waals surface area contributed by atoms with E-state index in [0.29, 0.717) is 18.8 Å². The molecule has 0 aliphatic heterocycles. The Labute approximate surface area is 138 Å². The smallest absolute Gasteiger partial charge is 0.350 e. The average Bonchev–Trinajstić information content (AvgIpc) is 2.90. The van der Waals surface area contributed by atoms with Crippen molar-refractivity contribution in [2.75, 3.05) is 12.4 Å². The first-order chi connectivity index (χ1) is 11.3. The van der Waals surface area contributed by atoms with E-state index < -0.39 is 0 Å². The zero-order valence-corrected chi connectivity index (χ0v) is 13.8. The molecule has 0 aliphatic carbocycles. The molecule has 0 aliphatic rings. The maximum absolute atomic E-state index is 12.2. The first-order valence-electron chi connectivity index (χ1n) is 7.62. The molecular formula is C17H19N3O2S. The minimum atomic E-state index is -0.0871. The highest BCUT2D eigenvalue weighted by molar-refractivity contribution is 7.98. The zero-order valence-electron chi connectivity index (χ0n) is 13.0. The number of nitrogens with zero attached hydrogens (tertiary/aromatic N) is 3. The topological polar surface area (TPSA) is 48.5 Å². The van der Waals surface area contributed by atoms with Gasteiger partial charge in [-0.15, -0.1) is 5.10 Å². The number of thioether (sulfide) groups is 1. The molecule has 2 heterocycles. The summed E-state index contributed by atoms with van der Waals surface area (Å²) in [6.45, 7) is 3.25. The third-order valence-corrected chi connectivity index (χ3v) is 4.45. The van der Waals surface area contributed by atoms with Crippen molar-refractivity contribution in [3.8, 4) is 5.75 Å². The molecule has 5 nitrogen and oxygen atoms in total. The number of hydrogen-bond donors (Lipinski definition) is 0. The molecule has 3 rings (SSSR count). The molecule has 0 N–H and O–H groups in total. The second-order valence-electron chi connectivity index (χ2n) is 5.03. The third-order valence-electron chi connectivity index (χ3n) is 3.47. The predicted molar refractivity (Wildman–Crippen MR) is 93.2 cm³/mol. The van der Waals surface area contributed by atoms with Crippen molar-refractivity contribution in [1.29, 1.82) is 0 Å². The summed E-state index contributed by atoms with van der Waals surface area (Å²) >= 11 is 1.77. The van der Waals surface area contributed by atoms with Crippen LogP contribution in [-0.4, -0.2) is 26.5 Å². The van der Waals surface area contributed by atoms with Crippen LogP contribution in [0.1, 0.15) is 12.5 Å². The van der Waals surface area contributed by atoms with Gasteiger partial charge in [0.1, 0.15) is 5.75 Å². The number of pyridine rings is 1. The van der Waals surface area contributed by atoms with E-state index in [1.54, 1.807) is 22.4 Å². The van der Waals surface area contributed by atoms with Crippen molar-refractivity contribution in [1.82, 2.24) is 14.2 Å². The van der Waals surface area contributed by atoms with E-state index in [4.69, 9.17) is 4.74 Å². The van der Waals surface area contributed by atoms with Crippen molar-refractivity contribution in [2.45, 2.75) is 19.2 Å². The van der Waals surface area contributed by atoms with Gasteiger partial charge in [-0.05, 0) is 25.1 Å². The first-order valence-corrected chi connectivity index (χ1v) is 8.77. The van der Waals surface area contributed by atoms with Crippen molar-refractivity contribution >= 4 is 17.4 Å². The molecule has 0 unspecified atom stereocenters. The van der Waals surface area contributed by atoms with Gasteiger partial charge in [0.15, 0.2) is 5.65 Å². The molecule has 0 saturated heterocycles. The van der Waals surface area contributed by atoms with Gasteiger partial charge in [0.25, 0.3) is 0 Å². The fourth-order valence-corrected chi connectivity index (χ4v) is 3.27. The van der Waals surface area contributed by atoms with Gasteiger partial charge in [-0.3, -0.25) is 4.40 Å². The number of fused-ring (bicyclic) bond motifs is 1. The highest BCUT2D eigenvalue weighted by Gasteiger charge is 2.06. The molecule has 3 aromatic rings. The summed E-state index contributed by atoms with van der Waals surface area (Å²) in [7, 11) is 0. The van der Waals surface area contributed by atoms with Crippen LogP contribution in [0.2, 0.25) is 0 Å². The van der Waals surface area contributed by atoms with Crippen LogP contribution < -0.4 is 10.4 Å². The highest BCUT2D eigenvalue weighted by atomic mass is 32.2. The van der Waals surface area contributed by atoms with Crippen molar-refractivity contribution in [3.05, 3.63) is 64.7 Å². The molecule has 120 valence electrons. The quantitative estimate of drug-likeness (QED) is 0.626. The van der Waals surface area contributed by atoms with Gasteiger partial charge in [-0.25, -0.2) is 9.48 Å². The number of aromatic nitrogens is 3. The van der Waals surface area contributed by atoms with Crippen molar-refractivity contribution < 1.29 is 4.74 Å².